The van der Waals surface area contributed by atoms with E-state index in [9.17, 15) is 14.7 Å². The van der Waals surface area contributed by atoms with Gasteiger partial charge in [0.15, 0.2) is 0 Å². The topological polar surface area (TPSA) is 66.4 Å². The first-order valence-electron chi connectivity index (χ1n) is 8.53. The molecule has 0 aliphatic carbocycles. The van der Waals surface area contributed by atoms with E-state index in [0.29, 0.717) is 11.1 Å². The lowest BCUT2D eigenvalue weighted by Crippen LogP contribution is -2.31. The van der Waals surface area contributed by atoms with E-state index in [1.807, 2.05) is 36.4 Å². The van der Waals surface area contributed by atoms with Crippen LogP contribution in [-0.2, 0) is 4.79 Å². The molecule has 1 amide bonds. The van der Waals surface area contributed by atoms with Gasteiger partial charge in [-0.3, -0.25) is 9.59 Å². The van der Waals surface area contributed by atoms with E-state index in [4.69, 9.17) is 0 Å². The first-order chi connectivity index (χ1) is 13.1. The van der Waals surface area contributed by atoms with E-state index in [-0.39, 0.29) is 23.3 Å². The maximum Gasteiger partial charge on any atom is 0.251 e. The van der Waals surface area contributed by atoms with E-state index in [1.54, 1.807) is 48.5 Å². The highest BCUT2D eigenvalue weighted by Gasteiger charge is 2.25. The monoisotopic (exact) mass is 377 g/mol. The fourth-order valence-electron chi connectivity index (χ4n) is 2.66. The molecule has 27 heavy (non-hydrogen) atoms. The minimum absolute atomic E-state index is 0.0403. The molecule has 0 aliphatic rings. The van der Waals surface area contributed by atoms with Crippen LogP contribution in [0.25, 0.3) is 0 Å². The lowest BCUT2D eigenvalue weighted by molar-refractivity contribution is -0.112. The quantitative estimate of drug-likeness (QED) is 0.631. The molecule has 0 saturated carbocycles. The Hall–Kier alpha value is -3.05. The van der Waals surface area contributed by atoms with Crippen LogP contribution >= 0.6 is 11.8 Å². The number of thioether (sulfide) groups is 1. The van der Waals surface area contributed by atoms with Crippen molar-refractivity contribution < 1.29 is 14.7 Å². The Morgan fingerprint density at radius 3 is 2.11 bits per heavy atom. The SMILES string of the molecule is O=C(NCC(C(=O)Sc1ccccc1)c1ccccc1O)c1ccccc1. The van der Waals surface area contributed by atoms with Gasteiger partial charge in [0, 0.05) is 22.6 Å². The van der Waals surface area contributed by atoms with Gasteiger partial charge >= 0.3 is 0 Å². The van der Waals surface area contributed by atoms with Gasteiger partial charge in [-0.2, -0.15) is 0 Å². The maximum absolute atomic E-state index is 12.9. The van der Waals surface area contributed by atoms with E-state index < -0.39 is 5.92 Å². The summed E-state index contributed by atoms with van der Waals surface area (Å²) < 4.78 is 0. The molecule has 3 rings (SSSR count). The summed E-state index contributed by atoms with van der Waals surface area (Å²) in [6.07, 6.45) is 0. The molecule has 1 unspecified atom stereocenters. The Morgan fingerprint density at radius 1 is 0.852 bits per heavy atom. The summed E-state index contributed by atoms with van der Waals surface area (Å²) >= 11 is 1.10. The minimum Gasteiger partial charge on any atom is -0.508 e. The first-order valence-corrected chi connectivity index (χ1v) is 9.34. The van der Waals surface area contributed by atoms with Crippen LogP contribution in [0.2, 0.25) is 0 Å². The van der Waals surface area contributed by atoms with Gasteiger partial charge in [-0.05, 0) is 30.3 Å². The third kappa shape index (κ3) is 4.99. The standard InChI is InChI=1S/C22H19NO3S/c24-20-14-8-7-13-18(20)19(22(26)27-17-11-5-2-6-12-17)15-23-21(25)16-9-3-1-4-10-16/h1-14,19,24H,15H2,(H,23,25). The van der Waals surface area contributed by atoms with Crippen molar-refractivity contribution in [3.8, 4) is 5.75 Å². The number of hydrogen-bond acceptors (Lipinski definition) is 4. The average Bonchev–Trinajstić information content (AvgIpc) is 2.70. The largest absolute Gasteiger partial charge is 0.508 e. The van der Waals surface area contributed by atoms with E-state index in [0.717, 1.165) is 16.7 Å². The molecule has 0 spiro atoms. The molecule has 0 aliphatic heterocycles. The highest BCUT2D eigenvalue weighted by molar-refractivity contribution is 8.13. The Balaban J connectivity index is 1.79. The minimum atomic E-state index is -0.663. The van der Waals surface area contributed by atoms with Crippen molar-refractivity contribution in [3.05, 3.63) is 96.1 Å². The average molecular weight is 377 g/mol. The van der Waals surface area contributed by atoms with Crippen molar-refractivity contribution in [1.82, 2.24) is 5.32 Å². The molecule has 2 N–H and O–H groups in total. The van der Waals surface area contributed by atoms with Gasteiger partial charge in [-0.15, -0.1) is 0 Å². The van der Waals surface area contributed by atoms with Crippen molar-refractivity contribution in [3.63, 3.8) is 0 Å². The Bertz CT molecular complexity index is 913. The zero-order valence-corrected chi connectivity index (χ0v) is 15.4. The second-order valence-corrected chi connectivity index (χ2v) is 7.00. The van der Waals surface area contributed by atoms with Crippen LogP contribution in [0.4, 0.5) is 0 Å². The number of phenolic OH excluding ortho intramolecular Hbond substituents is 1. The van der Waals surface area contributed by atoms with Gasteiger partial charge < -0.3 is 10.4 Å². The normalized spacial score (nSPS) is 11.6. The van der Waals surface area contributed by atoms with Crippen LogP contribution in [0.15, 0.2) is 89.8 Å². The summed E-state index contributed by atoms with van der Waals surface area (Å²) in [4.78, 5) is 26.1. The zero-order chi connectivity index (χ0) is 19.1. The van der Waals surface area contributed by atoms with Gasteiger partial charge in [-0.1, -0.05) is 66.4 Å². The summed E-state index contributed by atoms with van der Waals surface area (Å²) in [6, 6.07) is 24.9. The van der Waals surface area contributed by atoms with Gasteiger partial charge in [0.1, 0.15) is 5.75 Å². The molecule has 0 saturated heterocycles. The van der Waals surface area contributed by atoms with Crippen LogP contribution in [0, 0.1) is 0 Å². The number of para-hydroxylation sites is 1. The van der Waals surface area contributed by atoms with Gasteiger partial charge in [0.2, 0.25) is 5.12 Å². The third-order valence-electron chi connectivity index (χ3n) is 4.06. The zero-order valence-electron chi connectivity index (χ0n) is 14.5. The van der Waals surface area contributed by atoms with Crippen molar-refractivity contribution >= 4 is 22.8 Å². The summed E-state index contributed by atoms with van der Waals surface area (Å²) in [6.45, 7) is 0.101. The molecule has 3 aromatic carbocycles. The second kappa shape index (κ2) is 9.05. The highest BCUT2D eigenvalue weighted by atomic mass is 32.2. The summed E-state index contributed by atoms with van der Waals surface area (Å²) in [5.41, 5.74) is 1.02. The predicted molar refractivity (Wildman–Crippen MR) is 107 cm³/mol. The van der Waals surface area contributed by atoms with E-state index in [2.05, 4.69) is 5.32 Å². The highest BCUT2D eigenvalue weighted by Crippen LogP contribution is 2.32. The molecule has 4 nitrogen and oxygen atoms in total. The molecule has 1 atom stereocenters. The fraction of sp³-hybridized carbons (Fsp3) is 0.0909. The van der Waals surface area contributed by atoms with Crippen LogP contribution in [0.1, 0.15) is 21.8 Å². The fourth-order valence-corrected chi connectivity index (χ4v) is 3.54. The number of rotatable bonds is 6. The van der Waals surface area contributed by atoms with Crippen molar-refractivity contribution in [1.29, 1.82) is 0 Å². The molecule has 0 heterocycles. The number of aromatic hydroxyl groups is 1. The molecule has 0 fully saturated rings. The molecule has 0 radical (unpaired) electrons. The summed E-state index contributed by atoms with van der Waals surface area (Å²) in [5, 5.41) is 12.9. The Morgan fingerprint density at radius 2 is 1.44 bits per heavy atom. The van der Waals surface area contributed by atoms with Crippen molar-refractivity contribution in [2.45, 2.75) is 10.8 Å². The molecule has 3 aromatic rings. The predicted octanol–water partition coefficient (Wildman–Crippen LogP) is 4.22. The molecular formula is C22H19NO3S. The Kier molecular flexibility index (Phi) is 6.28. The Labute approximate surface area is 162 Å². The number of nitrogens with one attached hydrogen (secondary N) is 1. The van der Waals surface area contributed by atoms with Crippen LogP contribution in [-0.4, -0.2) is 22.7 Å². The molecule has 5 heteroatoms. The van der Waals surface area contributed by atoms with Crippen molar-refractivity contribution in [2.24, 2.45) is 0 Å². The van der Waals surface area contributed by atoms with Gasteiger partial charge in [0.25, 0.3) is 5.91 Å². The van der Waals surface area contributed by atoms with Crippen molar-refractivity contribution in [2.75, 3.05) is 6.54 Å². The van der Waals surface area contributed by atoms with E-state index in [1.165, 1.54) is 0 Å². The number of hydrogen-bond donors (Lipinski definition) is 2. The van der Waals surface area contributed by atoms with Crippen LogP contribution in [0.5, 0.6) is 5.75 Å². The lowest BCUT2D eigenvalue weighted by atomic mass is 9.99. The van der Waals surface area contributed by atoms with Crippen LogP contribution < -0.4 is 5.32 Å². The lowest BCUT2D eigenvalue weighted by Gasteiger charge is -2.18. The van der Waals surface area contributed by atoms with Crippen LogP contribution in [0.3, 0.4) is 0 Å². The smallest absolute Gasteiger partial charge is 0.251 e. The molecular weight excluding hydrogens is 358 g/mol. The number of phenols is 1. The maximum atomic E-state index is 12.9. The third-order valence-corrected chi connectivity index (χ3v) is 5.05. The van der Waals surface area contributed by atoms with Gasteiger partial charge in [-0.25, -0.2) is 0 Å². The van der Waals surface area contributed by atoms with Gasteiger partial charge in [0.05, 0.1) is 5.92 Å². The second-order valence-electron chi connectivity index (χ2n) is 5.92. The number of carbonyl (C=O) groups excluding carboxylic acids is 2. The molecule has 136 valence electrons. The summed E-state index contributed by atoms with van der Waals surface area (Å²) in [5.74, 6) is -0.879. The summed E-state index contributed by atoms with van der Waals surface area (Å²) in [7, 11) is 0. The number of carbonyl (C=O) groups is 2. The first kappa shape index (κ1) is 18.7. The molecule has 0 bridgehead atoms. The molecule has 0 aromatic heterocycles. The number of benzene rings is 3. The number of amides is 1. The van der Waals surface area contributed by atoms with E-state index >= 15 is 0 Å².